The van der Waals surface area contributed by atoms with Crippen LogP contribution in [0.1, 0.15) is 0 Å². The monoisotopic (exact) mass is 346 g/mol. The molecule has 7 heteroatoms. The number of piperazine rings is 1. The highest BCUT2D eigenvalue weighted by atomic mass is 32.1. The summed E-state index contributed by atoms with van der Waals surface area (Å²) in [5.74, 6) is 0.237. The van der Waals surface area contributed by atoms with E-state index >= 15 is 0 Å². The molecule has 6 nitrogen and oxygen atoms in total. The van der Waals surface area contributed by atoms with E-state index in [1.807, 2.05) is 17.0 Å². The summed E-state index contributed by atoms with van der Waals surface area (Å²) in [6.07, 6.45) is 0. The Morgan fingerprint density at radius 2 is 1.83 bits per heavy atom. The Kier molecular flexibility index (Phi) is 4.64. The Morgan fingerprint density at radius 3 is 2.58 bits per heavy atom. The highest BCUT2D eigenvalue weighted by Gasteiger charge is 2.24. The van der Waals surface area contributed by atoms with Crippen LogP contribution in [0, 0.1) is 0 Å². The van der Waals surface area contributed by atoms with Crippen molar-refractivity contribution in [1.82, 2.24) is 14.8 Å². The van der Waals surface area contributed by atoms with Crippen LogP contribution in [-0.4, -0.2) is 79.7 Å². The SMILES string of the molecule is O=C(CN1CCOCC1)N1CCN(c2nc3ccccc3s2)CC1. The van der Waals surface area contributed by atoms with Gasteiger partial charge in [-0.25, -0.2) is 4.98 Å². The van der Waals surface area contributed by atoms with Gasteiger partial charge in [-0.3, -0.25) is 9.69 Å². The first-order valence-corrected chi connectivity index (χ1v) is 9.30. The molecule has 1 aromatic carbocycles. The fourth-order valence-electron chi connectivity index (χ4n) is 3.19. The van der Waals surface area contributed by atoms with Crippen molar-refractivity contribution in [3.8, 4) is 0 Å². The molecule has 2 aliphatic rings. The van der Waals surface area contributed by atoms with Crippen molar-refractivity contribution in [2.24, 2.45) is 0 Å². The van der Waals surface area contributed by atoms with Gasteiger partial charge in [0.15, 0.2) is 5.13 Å². The van der Waals surface area contributed by atoms with Crippen LogP contribution < -0.4 is 4.90 Å². The number of amides is 1. The lowest BCUT2D eigenvalue weighted by Crippen LogP contribution is -2.52. The molecular formula is C17H22N4O2S. The van der Waals surface area contributed by atoms with Crippen LogP contribution >= 0.6 is 11.3 Å². The van der Waals surface area contributed by atoms with Crippen molar-refractivity contribution in [2.75, 3.05) is 63.9 Å². The summed E-state index contributed by atoms with van der Waals surface area (Å²) >= 11 is 1.73. The summed E-state index contributed by atoms with van der Waals surface area (Å²) < 4.78 is 6.56. The minimum Gasteiger partial charge on any atom is -0.379 e. The van der Waals surface area contributed by atoms with E-state index in [4.69, 9.17) is 9.72 Å². The van der Waals surface area contributed by atoms with Crippen molar-refractivity contribution in [2.45, 2.75) is 0 Å². The van der Waals surface area contributed by atoms with Crippen molar-refractivity contribution in [1.29, 1.82) is 0 Å². The second-order valence-corrected chi connectivity index (χ2v) is 7.23. The number of rotatable bonds is 3. The lowest BCUT2D eigenvalue weighted by molar-refractivity contribution is -0.133. The van der Waals surface area contributed by atoms with Crippen LogP contribution in [-0.2, 0) is 9.53 Å². The molecule has 2 aliphatic heterocycles. The van der Waals surface area contributed by atoms with Gasteiger partial charge in [0.2, 0.25) is 5.91 Å². The first kappa shape index (κ1) is 15.8. The number of para-hydroxylation sites is 1. The smallest absolute Gasteiger partial charge is 0.236 e. The summed E-state index contributed by atoms with van der Waals surface area (Å²) in [6.45, 7) is 6.97. The van der Waals surface area contributed by atoms with Gasteiger partial charge in [-0.15, -0.1) is 0 Å². The van der Waals surface area contributed by atoms with E-state index in [2.05, 4.69) is 21.9 Å². The number of ether oxygens (including phenoxy) is 1. The molecule has 1 amide bonds. The highest BCUT2D eigenvalue weighted by Crippen LogP contribution is 2.29. The Bertz CT molecular complexity index is 672. The van der Waals surface area contributed by atoms with Gasteiger partial charge in [0.05, 0.1) is 30.0 Å². The molecule has 4 rings (SSSR count). The average molecular weight is 346 g/mol. The molecule has 128 valence electrons. The molecule has 0 atom stereocenters. The van der Waals surface area contributed by atoms with Gasteiger partial charge < -0.3 is 14.5 Å². The Hall–Kier alpha value is -1.70. The Labute approximate surface area is 145 Å². The van der Waals surface area contributed by atoms with Crippen LogP contribution in [0.5, 0.6) is 0 Å². The standard InChI is InChI=1S/C17H22N4O2S/c22-16(13-19-9-11-23-12-10-19)20-5-7-21(8-6-20)17-18-14-3-1-2-4-15(14)24-17/h1-4H,5-13H2. The van der Waals surface area contributed by atoms with E-state index in [0.29, 0.717) is 6.54 Å². The second-order valence-electron chi connectivity index (χ2n) is 6.22. The van der Waals surface area contributed by atoms with Crippen molar-refractivity contribution < 1.29 is 9.53 Å². The number of thiazole rings is 1. The molecule has 0 N–H and O–H groups in total. The summed E-state index contributed by atoms with van der Waals surface area (Å²) in [7, 11) is 0. The number of nitrogens with zero attached hydrogens (tertiary/aromatic N) is 4. The predicted octanol–water partition coefficient (Wildman–Crippen LogP) is 1.28. The predicted molar refractivity (Wildman–Crippen MR) is 95.7 cm³/mol. The number of hydrogen-bond acceptors (Lipinski definition) is 6. The van der Waals surface area contributed by atoms with Gasteiger partial charge in [-0.1, -0.05) is 23.5 Å². The van der Waals surface area contributed by atoms with Crippen LogP contribution in [0.25, 0.3) is 10.2 Å². The highest BCUT2D eigenvalue weighted by molar-refractivity contribution is 7.22. The lowest BCUT2D eigenvalue weighted by atomic mass is 10.3. The Balaban J connectivity index is 1.33. The third-order valence-corrected chi connectivity index (χ3v) is 5.75. The number of carbonyl (C=O) groups excluding carboxylic acids is 1. The molecule has 2 fully saturated rings. The van der Waals surface area contributed by atoms with Crippen LogP contribution in [0.15, 0.2) is 24.3 Å². The molecule has 0 bridgehead atoms. The Morgan fingerprint density at radius 1 is 1.08 bits per heavy atom. The molecular weight excluding hydrogens is 324 g/mol. The molecule has 0 saturated carbocycles. The number of hydrogen-bond donors (Lipinski definition) is 0. The third-order valence-electron chi connectivity index (χ3n) is 4.65. The number of morpholine rings is 1. The normalized spacial score (nSPS) is 19.8. The van der Waals surface area contributed by atoms with E-state index in [0.717, 1.165) is 63.1 Å². The largest absolute Gasteiger partial charge is 0.379 e. The maximum atomic E-state index is 12.5. The zero-order valence-electron chi connectivity index (χ0n) is 13.7. The molecule has 2 aromatic rings. The minimum absolute atomic E-state index is 0.237. The number of benzene rings is 1. The number of carbonyl (C=O) groups is 1. The number of fused-ring (bicyclic) bond motifs is 1. The van der Waals surface area contributed by atoms with Crippen molar-refractivity contribution >= 4 is 32.6 Å². The topological polar surface area (TPSA) is 48.9 Å². The van der Waals surface area contributed by atoms with Gasteiger partial charge in [-0.2, -0.15) is 0 Å². The third kappa shape index (κ3) is 3.38. The first-order valence-electron chi connectivity index (χ1n) is 8.48. The number of aromatic nitrogens is 1. The number of anilines is 1. The maximum absolute atomic E-state index is 12.5. The zero-order chi connectivity index (χ0) is 16.4. The summed E-state index contributed by atoms with van der Waals surface area (Å²) in [6, 6.07) is 8.23. The molecule has 24 heavy (non-hydrogen) atoms. The molecule has 0 spiro atoms. The van der Waals surface area contributed by atoms with Crippen molar-refractivity contribution in [3.05, 3.63) is 24.3 Å². The maximum Gasteiger partial charge on any atom is 0.236 e. The molecule has 2 saturated heterocycles. The molecule has 3 heterocycles. The van der Waals surface area contributed by atoms with E-state index in [1.54, 1.807) is 11.3 Å². The van der Waals surface area contributed by atoms with E-state index in [-0.39, 0.29) is 5.91 Å². The van der Waals surface area contributed by atoms with Gasteiger partial charge in [-0.05, 0) is 12.1 Å². The molecule has 0 unspecified atom stereocenters. The minimum atomic E-state index is 0.237. The lowest BCUT2D eigenvalue weighted by Gasteiger charge is -2.36. The average Bonchev–Trinajstić information content (AvgIpc) is 3.07. The molecule has 0 radical (unpaired) electrons. The molecule has 0 aliphatic carbocycles. The summed E-state index contributed by atoms with van der Waals surface area (Å²) in [5, 5.41) is 1.07. The van der Waals surface area contributed by atoms with Gasteiger partial charge in [0.25, 0.3) is 0 Å². The molecule has 1 aromatic heterocycles. The van der Waals surface area contributed by atoms with E-state index in [9.17, 15) is 4.79 Å². The fraction of sp³-hybridized carbons (Fsp3) is 0.529. The zero-order valence-corrected chi connectivity index (χ0v) is 14.5. The van der Waals surface area contributed by atoms with E-state index in [1.165, 1.54) is 4.70 Å². The fourth-order valence-corrected chi connectivity index (χ4v) is 4.21. The van der Waals surface area contributed by atoms with E-state index < -0.39 is 0 Å². The van der Waals surface area contributed by atoms with Gasteiger partial charge in [0, 0.05) is 39.3 Å². The second kappa shape index (κ2) is 7.04. The summed E-state index contributed by atoms with van der Waals surface area (Å²) in [4.78, 5) is 23.6. The van der Waals surface area contributed by atoms with Crippen LogP contribution in [0.3, 0.4) is 0 Å². The quantitative estimate of drug-likeness (QED) is 0.838. The first-order chi connectivity index (χ1) is 11.8. The van der Waals surface area contributed by atoms with Crippen LogP contribution in [0.4, 0.5) is 5.13 Å². The van der Waals surface area contributed by atoms with Crippen LogP contribution in [0.2, 0.25) is 0 Å². The summed E-state index contributed by atoms with van der Waals surface area (Å²) in [5.41, 5.74) is 1.06. The van der Waals surface area contributed by atoms with Gasteiger partial charge in [0.1, 0.15) is 0 Å². The van der Waals surface area contributed by atoms with Gasteiger partial charge >= 0.3 is 0 Å². The van der Waals surface area contributed by atoms with Crippen molar-refractivity contribution in [3.63, 3.8) is 0 Å².